The van der Waals surface area contributed by atoms with Gasteiger partial charge in [0.25, 0.3) is 10.0 Å². The van der Waals surface area contributed by atoms with Gasteiger partial charge in [-0.25, -0.2) is 12.8 Å². The molecular formula is C13H12BrFN2O2S. The first-order valence-electron chi connectivity index (χ1n) is 5.68. The van der Waals surface area contributed by atoms with Gasteiger partial charge in [-0.3, -0.25) is 4.72 Å². The molecule has 0 aliphatic carbocycles. The van der Waals surface area contributed by atoms with Crippen molar-refractivity contribution in [2.45, 2.75) is 4.90 Å². The number of rotatable bonds is 4. The summed E-state index contributed by atoms with van der Waals surface area (Å²) in [5, 5.41) is 2.94. The van der Waals surface area contributed by atoms with E-state index in [1.54, 1.807) is 31.3 Å². The predicted molar refractivity (Wildman–Crippen MR) is 80.9 cm³/mol. The second-order valence-electron chi connectivity index (χ2n) is 4.01. The van der Waals surface area contributed by atoms with E-state index in [0.29, 0.717) is 5.69 Å². The van der Waals surface area contributed by atoms with Gasteiger partial charge in [0.1, 0.15) is 10.7 Å². The molecule has 4 nitrogen and oxygen atoms in total. The van der Waals surface area contributed by atoms with Gasteiger partial charge in [-0.05, 0) is 58.4 Å². The molecule has 0 saturated carbocycles. The van der Waals surface area contributed by atoms with Crippen LogP contribution in [-0.2, 0) is 10.0 Å². The molecule has 2 rings (SSSR count). The van der Waals surface area contributed by atoms with Crippen LogP contribution in [-0.4, -0.2) is 15.5 Å². The Bertz CT molecular complexity index is 718. The molecular weight excluding hydrogens is 347 g/mol. The van der Waals surface area contributed by atoms with E-state index in [2.05, 4.69) is 26.0 Å². The van der Waals surface area contributed by atoms with Gasteiger partial charge >= 0.3 is 0 Å². The summed E-state index contributed by atoms with van der Waals surface area (Å²) in [5.41, 5.74) is 1.30. The smallest absolute Gasteiger partial charge is 0.263 e. The maximum atomic E-state index is 13.0. The summed E-state index contributed by atoms with van der Waals surface area (Å²) in [7, 11) is -1.99. The Labute approximate surface area is 125 Å². The van der Waals surface area contributed by atoms with Crippen LogP contribution in [0, 0.1) is 5.82 Å². The van der Waals surface area contributed by atoms with E-state index >= 15 is 0 Å². The third kappa shape index (κ3) is 3.29. The van der Waals surface area contributed by atoms with Crippen molar-refractivity contribution in [3.05, 3.63) is 52.8 Å². The fourth-order valence-electron chi connectivity index (χ4n) is 1.61. The summed E-state index contributed by atoms with van der Waals surface area (Å²) in [4.78, 5) is -0.0170. The molecule has 0 bridgehead atoms. The van der Waals surface area contributed by atoms with E-state index in [-0.39, 0.29) is 9.37 Å². The molecule has 2 aromatic rings. The number of anilines is 2. The van der Waals surface area contributed by atoms with Gasteiger partial charge in [0.2, 0.25) is 0 Å². The monoisotopic (exact) mass is 358 g/mol. The molecule has 20 heavy (non-hydrogen) atoms. The number of hydrogen-bond donors (Lipinski definition) is 2. The number of halogens is 2. The Morgan fingerprint density at radius 1 is 1.05 bits per heavy atom. The molecule has 0 aliphatic rings. The molecule has 106 valence electrons. The second-order valence-corrected chi connectivity index (χ2v) is 6.51. The maximum absolute atomic E-state index is 13.0. The van der Waals surface area contributed by atoms with Gasteiger partial charge < -0.3 is 5.32 Å². The van der Waals surface area contributed by atoms with Crippen LogP contribution in [0.2, 0.25) is 0 Å². The van der Waals surface area contributed by atoms with Crippen LogP contribution >= 0.6 is 15.9 Å². The van der Waals surface area contributed by atoms with Crippen molar-refractivity contribution in [2.24, 2.45) is 0 Å². The van der Waals surface area contributed by atoms with E-state index in [0.717, 1.165) is 17.8 Å². The summed E-state index contributed by atoms with van der Waals surface area (Å²) in [6.45, 7) is 0. The van der Waals surface area contributed by atoms with Crippen LogP contribution in [0.25, 0.3) is 0 Å². The molecule has 0 radical (unpaired) electrons. The summed E-state index contributed by atoms with van der Waals surface area (Å²) in [6.07, 6.45) is 0. The maximum Gasteiger partial charge on any atom is 0.263 e. The molecule has 0 atom stereocenters. The van der Waals surface area contributed by atoms with Gasteiger partial charge in [-0.15, -0.1) is 0 Å². The molecule has 0 aromatic heterocycles. The molecule has 0 heterocycles. The highest BCUT2D eigenvalue weighted by Gasteiger charge is 2.18. The summed E-state index contributed by atoms with van der Waals surface area (Å²) < 4.78 is 40.0. The lowest BCUT2D eigenvalue weighted by Gasteiger charge is -2.10. The quantitative estimate of drug-likeness (QED) is 0.880. The minimum absolute atomic E-state index is 0.0170. The van der Waals surface area contributed by atoms with Crippen molar-refractivity contribution in [3.8, 4) is 0 Å². The van der Waals surface area contributed by atoms with Crippen LogP contribution in [0.5, 0.6) is 0 Å². The predicted octanol–water partition coefficient (Wildman–Crippen LogP) is 3.43. The Morgan fingerprint density at radius 3 is 2.20 bits per heavy atom. The van der Waals surface area contributed by atoms with Crippen molar-refractivity contribution in [2.75, 3.05) is 17.1 Å². The number of nitrogens with one attached hydrogen (secondary N) is 2. The van der Waals surface area contributed by atoms with E-state index in [1.807, 2.05) is 0 Å². The molecule has 0 saturated heterocycles. The largest absolute Gasteiger partial charge is 0.388 e. The molecule has 0 aliphatic heterocycles. The summed E-state index contributed by atoms with van der Waals surface area (Å²) in [6, 6.07) is 10.2. The number of sulfonamides is 1. The topological polar surface area (TPSA) is 58.2 Å². The van der Waals surface area contributed by atoms with Crippen LogP contribution in [0.3, 0.4) is 0 Å². The standard InChI is InChI=1S/C13H12BrFN2O2S/c1-16-10-3-5-11(6-4-10)17-20(18,19)13-7-2-9(15)8-12(13)14/h2-8,16-17H,1H3. The zero-order valence-electron chi connectivity index (χ0n) is 10.5. The highest BCUT2D eigenvalue weighted by atomic mass is 79.9. The molecule has 2 aromatic carbocycles. The number of benzene rings is 2. The minimum Gasteiger partial charge on any atom is -0.388 e. The van der Waals surface area contributed by atoms with Crippen LogP contribution in [0.1, 0.15) is 0 Å². The Morgan fingerprint density at radius 2 is 1.65 bits per heavy atom. The average molecular weight is 359 g/mol. The van der Waals surface area contributed by atoms with Crippen molar-refractivity contribution in [1.82, 2.24) is 0 Å². The molecule has 2 N–H and O–H groups in total. The normalized spacial score (nSPS) is 11.2. The zero-order chi connectivity index (χ0) is 14.8. The molecule has 7 heteroatoms. The van der Waals surface area contributed by atoms with Crippen molar-refractivity contribution in [1.29, 1.82) is 0 Å². The fraction of sp³-hybridized carbons (Fsp3) is 0.0769. The first-order valence-corrected chi connectivity index (χ1v) is 7.96. The summed E-state index contributed by atoms with van der Waals surface area (Å²) >= 11 is 3.05. The van der Waals surface area contributed by atoms with Gasteiger partial charge in [-0.1, -0.05) is 0 Å². The molecule has 0 spiro atoms. The lowest BCUT2D eigenvalue weighted by molar-refractivity contribution is 0.599. The van der Waals surface area contributed by atoms with E-state index in [4.69, 9.17) is 0 Å². The Hall–Kier alpha value is -1.60. The zero-order valence-corrected chi connectivity index (χ0v) is 12.9. The van der Waals surface area contributed by atoms with Gasteiger partial charge in [0.15, 0.2) is 0 Å². The van der Waals surface area contributed by atoms with Crippen LogP contribution < -0.4 is 10.0 Å². The van der Waals surface area contributed by atoms with E-state index in [9.17, 15) is 12.8 Å². The molecule has 0 amide bonds. The lowest BCUT2D eigenvalue weighted by atomic mass is 10.3. The van der Waals surface area contributed by atoms with E-state index < -0.39 is 15.8 Å². The third-order valence-corrected chi connectivity index (χ3v) is 4.97. The van der Waals surface area contributed by atoms with Crippen molar-refractivity contribution < 1.29 is 12.8 Å². The average Bonchev–Trinajstić information content (AvgIpc) is 2.38. The lowest BCUT2D eigenvalue weighted by Crippen LogP contribution is -2.13. The van der Waals surface area contributed by atoms with Gasteiger partial charge in [0.05, 0.1) is 0 Å². The highest BCUT2D eigenvalue weighted by Crippen LogP contribution is 2.25. The highest BCUT2D eigenvalue weighted by molar-refractivity contribution is 9.10. The van der Waals surface area contributed by atoms with Crippen molar-refractivity contribution in [3.63, 3.8) is 0 Å². The number of hydrogen-bond acceptors (Lipinski definition) is 3. The fourth-order valence-corrected chi connectivity index (χ4v) is 3.72. The van der Waals surface area contributed by atoms with Gasteiger partial charge in [-0.2, -0.15) is 0 Å². The van der Waals surface area contributed by atoms with Crippen LogP contribution in [0.4, 0.5) is 15.8 Å². The summed E-state index contributed by atoms with van der Waals surface area (Å²) in [5.74, 6) is -0.505. The van der Waals surface area contributed by atoms with Crippen LogP contribution in [0.15, 0.2) is 51.8 Å². The molecule has 0 unspecified atom stereocenters. The first-order chi connectivity index (χ1) is 9.42. The second kappa shape index (κ2) is 5.80. The minimum atomic E-state index is -3.76. The third-order valence-electron chi connectivity index (χ3n) is 2.61. The van der Waals surface area contributed by atoms with E-state index in [1.165, 1.54) is 6.07 Å². The SMILES string of the molecule is CNc1ccc(NS(=O)(=O)c2ccc(F)cc2Br)cc1. The van der Waals surface area contributed by atoms with Gasteiger partial charge in [0, 0.05) is 22.9 Å². The van der Waals surface area contributed by atoms with Crippen molar-refractivity contribution >= 4 is 37.3 Å². The first kappa shape index (κ1) is 14.8. The Kier molecular flexibility index (Phi) is 4.29. The molecule has 0 fully saturated rings. The Balaban J connectivity index is 2.30.